The lowest BCUT2D eigenvalue weighted by atomic mass is 10.2. The first kappa shape index (κ1) is 13.4. The first-order chi connectivity index (χ1) is 10.2. The SMILES string of the molecule is Nc1ccc(CC(=O)N2CCOc3ccccc3C2)nc1. The molecule has 0 atom stereocenters. The molecule has 2 aromatic rings. The van der Waals surface area contributed by atoms with Crippen molar-refractivity contribution in [1.82, 2.24) is 9.88 Å². The Morgan fingerprint density at radius 3 is 2.95 bits per heavy atom. The highest BCUT2D eigenvalue weighted by molar-refractivity contribution is 5.78. The van der Waals surface area contributed by atoms with E-state index in [1.54, 1.807) is 18.3 Å². The van der Waals surface area contributed by atoms with Crippen LogP contribution in [0.1, 0.15) is 11.3 Å². The fourth-order valence-corrected chi connectivity index (χ4v) is 2.35. The Labute approximate surface area is 123 Å². The van der Waals surface area contributed by atoms with Crippen molar-refractivity contribution < 1.29 is 9.53 Å². The maximum absolute atomic E-state index is 12.4. The second kappa shape index (κ2) is 5.83. The van der Waals surface area contributed by atoms with E-state index in [1.165, 1.54) is 0 Å². The normalized spacial score (nSPS) is 14.0. The summed E-state index contributed by atoms with van der Waals surface area (Å²) in [5.41, 5.74) is 7.97. The van der Waals surface area contributed by atoms with Crippen molar-refractivity contribution in [1.29, 1.82) is 0 Å². The number of para-hydroxylation sites is 1. The number of benzene rings is 1. The first-order valence-electron chi connectivity index (χ1n) is 6.91. The number of hydrogen-bond acceptors (Lipinski definition) is 4. The Balaban J connectivity index is 1.71. The Kier molecular flexibility index (Phi) is 3.73. The average Bonchev–Trinajstić information content (AvgIpc) is 2.72. The number of nitrogens with zero attached hydrogens (tertiary/aromatic N) is 2. The van der Waals surface area contributed by atoms with Crippen molar-refractivity contribution in [2.45, 2.75) is 13.0 Å². The van der Waals surface area contributed by atoms with E-state index in [0.29, 0.717) is 25.4 Å². The summed E-state index contributed by atoms with van der Waals surface area (Å²) in [5, 5.41) is 0. The van der Waals surface area contributed by atoms with Gasteiger partial charge in [-0.25, -0.2) is 0 Å². The lowest BCUT2D eigenvalue weighted by Gasteiger charge is -2.19. The molecule has 0 fully saturated rings. The van der Waals surface area contributed by atoms with Gasteiger partial charge in [-0.2, -0.15) is 0 Å². The molecule has 5 heteroatoms. The van der Waals surface area contributed by atoms with Crippen LogP contribution < -0.4 is 10.5 Å². The first-order valence-corrected chi connectivity index (χ1v) is 6.91. The van der Waals surface area contributed by atoms with Crippen LogP contribution in [0.25, 0.3) is 0 Å². The van der Waals surface area contributed by atoms with E-state index in [9.17, 15) is 4.79 Å². The van der Waals surface area contributed by atoms with Crippen molar-refractivity contribution in [3.63, 3.8) is 0 Å². The van der Waals surface area contributed by atoms with E-state index >= 15 is 0 Å². The predicted molar refractivity (Wildman–Crippen MR) is 79.7 cm³/mol. The Morgan fingerprint density at radius 2 is 2.14 bits per heavy atom. The van der Waals surface area contributed by atoms with Crippen molar-refractivity contribution in [3.8, 4) is 5.75 Å². The molecule has 0 unspecified atom stereocenters. The summed E-state index contributed by atoms with van der Waals surface area (Å²) in [4.78, 5) is 18.4. The van der Waals surface area contributed by atoms with Crippen molar-refractivity contribution >= 4 is 11.6 Å². The molecule has 0 bridgehead atoms. The topological polar surface area (TPSA) is 68.5 Å². The molecule has 2 heterocycles. The van der Waals surface area contributed by atoms with Crippen LogP contribution >= 0.6 is 0 Å². The third-order valence-corrected chi connectivity index (χ3v) is 3.49. The molecule has 0 saturated carbocycles. The molecule has 1 aliphatic heterocycles. The smallest absolute Gasteiger partial charge is 0.229 e. The number of rotatable bonds is 2. The second-order valence-corrected chi connectivity index (χ2v) is 5.03. The number of amides is 1. The summed E-state index contributed by atoms with van der Waals surface area (Å²) >= 11 is 0. The van der Waals surface area contributed by atoms with Crippen LogP contribution in [0.15, 0.2) is 42.6 Å². The molecule has 5 nitrogen and oxygen atoms in total. The molecular weight excluding hydrogens is 266 g/mol. The zero-order valence-electron chi connectivity index (χ0n) is 11.7. The van der Waals surface area contributed by atoms with Gasteiger partial charge in [0.05, 0.1) is 24.8 Å². The molecule has 1 aromatic carbocycles. The molecule has 2 N–H and O–H groups in total. The largest absolute Gasteiger partial charge is 0.491 e. The van der Waals surface area contributed by atoms with Crippen molar-refractivity contribution in [2.75, 3.05) is 18.9 Å². The average molecular weight is 283 g/mol. The number of anilines is 1. The van der Waals surface area contributed by atoms with Gasteiger partial charge in [0, 0.05) is 17.8 Å². The number of carbonyl (C=O) groups is 1. The number of pyridine rings is 1. The molecule has 1 amide bonds. The molecule has 21 heavy (non-hydrogen) atoms. The molecule has 0 saturated heterocycles. The summed E-state index contributed by atoms with van der Waals surface area (Å²) in [6.45, 7) is 1.67. The Hall–Kier alpha value is -2.56. The fourth-order valence-electron chi connectivity index (χ4n) is 2.35. The van der Waals surface area contributed by atoms with Crippen LogP contribution in [0.3, 0.4) is 0 Å². The van der Waals surface area contributed by atoms with Gasteiger partial charge in [0.1, 0.15) is 12.4 Å². The molecule has 108 valence electrons. The van der Waals surface area contributed by atoms with Gasteiger partial charge >= 0.3 is 0 Å². The zero-order valence-corrected chi connectivity index (χ0v) is 11.7. The second-order valence-electron chi connectivity index (χ2n) is 5.03. The molecule has 1 aromatic heterocycles. The van der Waals surface area contributed by atoms with Gasteiger partial charge in [-0.1, -0.05) is 18.2 Å². The van der Waals surface area contributed by atoms with E-state index in [2.05, 4.69) is 4.98 Å². The lowest BCUT2D eigenvalue weighted by Crippen LogP contribution is -2.33. The summed E-state index contributed by atoms with van der Waals surface area (Å²) in [5.74, 6) is 0.908. The van der Waals surface area contributed by atoms with E-state index in [1.807, 2.05) is 29.2 Å². The van der Waals surface area contributed by atoms with Gasteiger partial charge in [0.2, 0.25) is 5.91 Å². The van der Waals surface area contributed by atoms with Crippen LogP contribution in [-0.2, 0) is 17.8 Å². The summed E-state index contributed by atoms with van der Waals surface area (Å²) in [7, 11) is 0. The standard InChI is InChI=1S/C16H17N3O2/c17-13-5-6-14(18-10-13)9-16(20)19-7-8-21-15-4-2-1-3-12(15)11-19/h1-6,10H,7-9,11,17H2. The van der Waals surface area contributed by atoms with Crippen molar-refractivity contribution in [2.24, 2.45) is 0 Å². The summed E-state index contributed by atoms with van der Waals surface area (Å²) in [6.07, 6.45) is 1.85. The highest BCUT2D eigenvalue weighted by Crippen LogP contribution is 2.22. The van der Waals surface area contributed by atoms with Gasteiger partial charge in [-0.3, -0.25) is 9.78 Å². The number of ether oxygens (including phenoxy) is 1. The monoisotopic (exact) mass is 283 g/mol. The summed E-state index contributed by atoms with van der Waals surface area (Å²) in [6, 6.07) is 11.4. The van der Waals surface area contributed by atoms with Gasteiger partial charge < -0.3 is 15.4 Å². The quantitative estimate of drug-likeness (QED) is 0.909. The van der Waals surface area contributed by atoms with Crippen LogP contribution in [-0.4, -0.2) is 28.9 Å². The Morgan fingerprint density at radius 1 is 1.29 bits per heavy atom. The third kappa shape index (κ3) is 3.13. The molecule has 1 aliphatic rings. The van der Waals surface area contributed by atoms with E-state index in [0.717, 1.165) is 17.0 Å². The number of nitrogens with two attached hydrogens (primary N) is 1. The zero-order chi connectivity index (χ0) is 14.7. The minimum absolute atomic E-state index is 0.0487. The van der Waals surface area contributed by atoms with E-state index in [-0.39, 0.29) is 12.3 Å². The fraction of sp³-hybridized carbons (Fsp3) is 0.250. The van der Waals surface area contributed by atoms with Crippen molar-refractivity contribution in [3.05, 3.63) is 53.9 Å². The maximum Gasteiger partial charge on any atom is 0.229 e. The third-order valence-electron chi connectivity index (χ3n) is 3.49. The van der Waals surface area contributed by atoms with Gasteiger partial charge in [0.25, 0.3) is 0 Å². The highest BCUT2D eigenvalue weighted by Gasteiger charge is 2.19. The van der Waals surface area contributed by atoms with E-state index < -0.39 is 0 Å². The number of fused-ring (bicyclic) bond motifs is 1. The Bertz CT molecular complexity index is 640. The lowest BCUT2D eigenvalue weighted by molar-refractivity contribution is -0.131. The highest BCUT2D eigenvalue weighted by atomic mass is 16.5. The van der Waals surface area contributed by atoms with Gasteiger partial charge in [-0.05, 0) is 18.2 Å². The number of carbonyl (C=O) groups excluding carboxylic acids is 1. The number of aromatic nitrogens is 1. The molecule has 0 spiro atoms. The minimum atomic E-state index is 0.0487. The van der Waals surface area contributed by atoms with Crippen LogP contribution in [0.4, 0.5) is 5.69 Å². The number of nitrogen functional groups attached to an aromatic ring is 1. The molecule has 0 radical (unpaired) electrons. The van der Waals surface area contributed by atoms with E-state index in [4.69, 9.17) is 10.5 Å². The number of hydrogen-bond donors (Lipinski definition) is 1. The van der Waals surface area contributed by atoms with Crippen LogP contribution in [0.5, 0.6) is 5.75 Å². The molecule has 0 aliphatic carbocycles. The van der Waals surface area contributed by atoms with Crippen LogP contribution in [0, 0.1) is 0 Å². The molecular formula is C16H17N3O2. The summed E-state index contributed by atoms with van der Waals surface area (Å²) < 4.78 is 5.67. The maximum atomic E-state index is 12.4. The van der Waals surface area contributed by atoms with Crippen LogP contribution in [0.2, 0.25) is 0 Å². The minimum Gasteiger partial charge on any atom is -0.491 e. The predicted octanol–water partition coefficient (Wildman–Crippen LogP) is 1.63. The van der Waals surface area contributed by atoms with Gasteiger partial charge in [-0.15, -0.1) is 0 Å². The van der Waals surface area contributed by atoms with Gasteiger partial charge in [0.15, 0.2) is 0 Å². The molecule has 3 rings (SSSR count).